The molecule has 66 valence electrons. The van der Waals surface area contributed by atoms with Crippen LogP contribution in [0.2, 0.25) is 0 Å². The van der Waals surface area contributed by atoms with E-state index in [0.29, 0.717) is 0 Å². The van der Waals surface area contributed by atoms with Gasteiger partial charge in [-0.25, -0.2) is 0 Å². The Labute approximate surface area is 82.5 Å². The van der Waals surface area contributed by atoms with Gasteiger partial charge in [0.15, 0.2) is 0 Å². The largest absolute Gasteiger partial charge is 0.144 e. The van der Waals surface area contributed by atoms with Gasteiger partial charge in [-0.05, 0) is 35.7 Å². The Balaban J connectivity index is 2.54. The molecule has 2 rings (SSSR count). The highest BCUT2D eigenvalue weighted by Crippen LogP contribution is 2.25. The van der Waals surface area contributed by atoms with Gasteiger partial charge in [-0.3, -0.25) is 0 Å². The lowest BCUT2D eigenvalue weighted by atomic mass is 10.1. The van der Waals surface area contributed by atoms with Gasteiger partial charge in [-0.15, -0.1) is 11.3 Å². The fourth-order valence-corrected chi connectivity index (χ4v) is 2.43. The molecule has 0 aliphatic heterocycles. The lowest BCUT2D eigenvalue weighted by Crippen LogP contribution is -1.84. The molecule has 0 saturated heterocycles. The second-order valence-corrected chi connectivity index (χ2v) is 4.31. The molecule has 0 aliphatic carbocycles. The van der Waals surface area contributed by atoms with Crippen molar-refractivity contribution in [3.8, 4) is 0 Å². The van der Waals surface area contributed by atoms with Crippen LogP contribution in [-0.4, -0.2) is 0 Å². The minimum Gasteiger partial charge on any atom is -0.144 e. The zero-order valence-electron chi connectivity index (χ0n) is 7.71. The van der Waals surface area contributed by atoms with Gasteiger partial charge >= 0.3 is 0 Å². The fraction of sp³-hybridized carbons (Fsp3) is 0.167. The van der Waals surface area contributed by atoms with Gasteiger partial charge in [-0.1, -0.05) is 30.4 Å². The molecule has 0 bridgehead atoms. The van der Waals surface area contributed by atoms with Crippen LogP contribution in [0.1, 0.15) is 12.5 Å². The Bertz CT molecular complexity index is 437. The quantitative estimate of drug-likeness (QED) is 0.624. The monoisotopic (exact) mass is 188 g/mol. The van der Waals surface area contributed by atoms with Gasteiger partial charge in [0.1, 0.15) is 0 Å². The average molecular weight is 188 g/mol. The Morgan fingerprint density at radius 3 is 3.00 bits per heavy atom. The van der Waals surface area contributed by atoms with Crippen molar-refractivity contribution in [2.75, 3.05) is 0 Å². The van der Waals surface area contributed by atoms with Crippen molar-refractivity contribution in [1.82, 2.24) is 0 Å². The first-order valence-electron chi connectivity index (χ1n) is 4.37. The molecular formula is C12H12S. The van der Waals surface area contributed by atoms with E-state index in [9.17, 15) is 0 Å². The van der Waals surface area contributed by atoms with E-state index in [1.807, 2.05) is 11.3 Å². The van der Waals surface area contributed by atoms with E-state index in [4.69, 9.17) is 0 Å². The van der Waals surface area contributed by atoms with Gasteiger partial charge in [0.2, 0.25) is 0 Å². The molecule has 0 nitrogen and oxygen atoms in total. The first-order chi connectivity index (χ1) is 6.27. The van der Waals surface area contributed by atoms with Gasteiger partial charge in [0, 0.05) is 4.70 Å². The van der Waals surface area contributed by atoms with E-state index in [1.165, 1.54) is 21.2 Å². The van der Waals surface area contributed by atoms with E-state index in [0.717, 1.165) is 6.42 Å². The summed E-state index contributed by atoms with van der Waals surface area (Å²) in [4.78, 5) is 0. The van der Waals surface area contributed by atoms with Crippen LogP contribution in [0.25, 0.3) is 10.1 Å². The molecule has 0 fully saturated rings. The molecule has 1 heterocycles. The third-order valence-electron chi connectivity index (χ3n) is 2.05. The number of hydrogen-bond acceptors (Lipinski definition) is 1. The van der Waals surface area contributed by atoms with Gasteiger partial charge in [0.05, 0.1) is 0 Å². The van der Waals surface area contributed by atoms with Crippen LogP contribution in [0.3, 0.4) is 0 Å². The SMILES string of the molecule is C=C(C)Cc1cccc2ccsc12. The van der Waals surface area contributed by atoms with Gasteiger partial charge in [0.25, 0.3) is 0 Å². The molecule has 1 aromatic heterocycles. The Morgan fingerprint density at radius 1 is 1.38 bits per heavy atom. The summed E-state index contributed by atoms with van der Waals surface area (Å²) in [5, 5.41) is 3.50. The zero-order chi connectivity index (χ0) is 9.26. The predicted octanol–water partition coefficient (Wildman–Crippen LogP) is 4.02. The van der Waals surface area contributed by atoms with Crippen LogP contribution >= 0.6 is 11.3 Å². The normalized spacial score (nSPS) is 10.5. The number of fused-ring (bicyclic) bond motifs is 1. The molecule has 0 N–H and O–H groups in total. The van der Waals surface area contributed by atoms with Crippen LogP contribution in [0.5, 0.6) is 0 Å². The molecule has 13 heavy (non-hydrogen) atoms. The van der Waals surface area contributed by atoms with E-state index in [-0.39, 0.29) is 0 Å². The predicted molar refractivity (Wildman–Crippen MR) is 60.3 cm³/mol. The molecule has 0 unspecified atom stereocenters. The zero-order valence-corrected chi connectivity index (χ0v) is 8.53. The molecule has 0 atom stereocenters. The van der Waals surface area contributed by atoms with Gasteiger partial charge < -0.3 is 0 Å². The van der Waals surface area contributed by atoms with Crippen LogP contribution in [-0.2, 0) is 6.42 Å². The molecule has 0 saturated carbocycles. The Kier molecular flexibility index (Phi) is 2.19. The van der Waals surface area contributed by atoms with E-state index in [1.54, 1.807) is 0 Å². The summed E-state index contributed by atoms with van der Waals surface area (Å²) >= 11 is 1.81. The highest BCUT2D eigenvalue weighted by Gasteiger charge is 2.01. The number of allylic oxidation sites excluding steroid dienone is 1. The second kappa shape index (κ2) is 3.35. The lowest BCUT2D eigenvalue weighted by Gasteiger charge is -2.01. The molecule has 1 aromatic carbocycles. The summed E-state index contributed by atoms with van der Waals surface area (Å²) in [5.74, 6) is 0. The standard InChI is InChI=1S/C12H12S/c1-9(2)8-11-5-3-4-10-6-7-13-12(10)11/h3-7H,1,8H2,2H3. The van der Waals surface area contributed by atoms with Crippen molar-refractivity contribution in [2.24, 2.45) is 0 Å². The van der Waals surface area contributed by atoms with Crippen molar-refractivity contribution in [3.63, 3.8) is 0 Å². The molecule has 2 aromatic rings. The summed E-state index contributed by atoms with van der Waals surface area (Å²) in [6.45, 7) is 6.02. The first kappa shape index (κ1) is 8.52. The number of rotatable bonds is 2. The van der Waals surface area contributed by atoms with Crippen molar-refractivity contribution in [1.29, 1.82) is 0 Å². The average Bonchev–Trinajstić information content (AvgIpc) is 2.51. The highest BCUT2D eigenvalue weighted by molar-refractivity contribution is 7.17. The van der Waals surface area contributed by atoms with Gasteiger partial charge in [-0.2, -0.15) is 0 Å². The summed E-state index contributed by atoms with van der Waals surface area (Å²) < 4.78 is 1.41. The summed E-state index contributed by atoms with van der Waals surface area (Å²) in [6.07, 6.45) is 0.998. The van der Waals surface area contributed by atoms with Crippen LogP contribution in [0.15, 0.2) is 41.8 Å². The summed E-state index contributed by atoms with van der Waals surface area (Å²) in [7, 11) is 0. The molecule has 0 aliphatic rings. The molecule has 0 amide bonds. The van der Waals surface area contributed by atoms with Crippen molar-refractivity contribution in [3.05, 3.63) is 47.4 Å². The van der Waals surface area contributed by atoms with Crippen LogP contribution < -0.4 is 0 Å². The minimum atomic E-state index is 0.998. The van der Waals surface area contributed by atoms with Crippen LogP contribution in [0, 0.1) is 0 Å². The maximum atomic E-state index is 3.95. The van der Waals surface area contributed by atoms with Crippen LogP contribution in [0.4, 0.5) is 0 Å². The number of thiophene rings is 1. The number of hydrogen-bond donors (Lipinski definition) is 0. The summed E-state index contributed by atoms with van der Waals surface area (Å²) in [6, 6.07) is 8.64. The maximum Gasteiger partial charge on any atom is 0.0377 e. The van der Waals surface area contributed by atoms with Crippen molar-refractivity contribution < 1.29 is 0 Å². The molecular weight excluding hydrogens is 176 g/mol. The Morgan fingerprint density at radius 2 is 2.23 bits per heavy atom. The molecule has 0 radical (unpaired) electrons. The van der Waals surface area contributed by atoms with E-state index in [2.05, 4.69) is 43.1 Å². The van der Waals surface area contributed by atoms with Crippen molar-refractivity contribution in [2.45, 2.75) is 13.3 Å². The lowest BCUT2D eigenvalue weighted by molar-refractivity contribution is 1.18. The third-order valence-corrected chi connectivity index (χ3v) is 3.06. The fourth-order valence-electron chi connectivity index (χ4n) is 1.52. The minimum absolute atomic E-state index is 0.998. The highest BCUT2D eigenvalue weighted by atomic mass is 32.1. The second-order valence-electron chi connectivity index (χ2n) is 3.39. The first-order valence-corrected chi connectivity index (χ1v) is 5.25. The smallest absolute Gasteiger partial charge is 0.0377 e. The Hall–Kier alpha value is -1.08. The molecule has 0 spiro atoms. The topological polar surface area (TPSA) is 0 Å². The maximum absolute atomic E-state index is 3.95. The van der Waals surface area contributed by atoms with Crippen molar-refractivity contribution >= 4 is 21.4 Å². The number of benzene rings is 1. The summed E-state index contributed by atoms with van der Waals surface area (Å²) in [5.41, 5.74) is 2.63. The van der Waals surface area contributed by atoms with E-state index >= 15 is 0 Å². The third kappa shape index (κ3) is 1.65. The molecule has 1 heteroatoms. The van der Waals surface area contributed by atoms with E-state index < -0.39 is 0 Å².